The molecule has 2 rings (SSSR count). The van der Waals surface area contributed by atoms with Crippen molar-refractivity contribution in [1.82, 2.24) is 0 Å². The van der Waals surface area contributed by atoms with Gasteiger partial charge in [-0.05, 0) is 24.2 Å². The average molecular weight is 195 g/mol. The number of hydrogen-bond donors (Lipinski definition) is 0. The third-order valence-electron chi connectivity index (χ3n) is 2.33. The van der Waals surface area contributed by atoms with Gasteiger partial charge in [0.1, 0.15) is 6.26 Å². The van der Waals surface area contributed by atoms with E-state index in [1.165, 1.54) is 9.94 Å². The van der Waals surface area contributed by atoms with E-state index in [0.29, 0.717) is 0 Å². The van der Waals surface area contributed by atoms with Crippen molar-refractivity contribution in [3.63, 3.8) is 0 Å². The molecule has 1 aromatic heterocycles. The zero-order valence-electron chi connectivity index (χ0n) is 7.86. The Hall–Kier alpha value is -0.960. The molecule has 1 atom stereocenters. The number of hydrogen-bond acceptors (Lipinski definition) is 2. The molecule has 2 heterocycles. The molecule has 0 aliphatic carbocycles. The lowest BCUT2D eigenvalue weighted by molar-refractivity contribution is 0.562. The maximum absolute atomic E-state index is 5.12. The lowest BCUT2D eigenvalue weighted by Gasteiger charge is -2.28. The van der Waals surface area contributed by atoms with Gasteiger partial charge in [-0.3, -0.25) is 4.99 Å². The van der Waals surface area contributed by atoms with E-state index in [9.17, 15) is 0 Å². The molecule has 0 fully saturated rings. The van der Waals surface area contributed by atoms with Gasteiger partial charge >= 0.3 is 0 Å². The van der Waals surface area contributed by atoms with E-state index >= 15 is 0 Å². The van der Waals surface area contributed by atoms with Gasteiger partial charge in [0.25, 0.3) is 0 Å². The zero-order chi connectivity index (χ0) is 9.31. The van der Waals surface area contributed by atoms with Crippen molar-refractivity contribution in [2.75, 3.05) is 6.26 Å². The van der Waals surface area contributed by atoms with Crippen LogP contribution in [0.2, 0.25) is 0 Å². The Labute approximate surface area is 79.7 Å². The van der Waals surface area contributed by atoms with Crippen molar-refractivity contribution in [3.8, 4) is 0 Å². The normalized spacial score (nSPS) is 31.4. The predicted molar refractivity (Wildman–Crippen MR) is 57.4 cm³/mol. The van der Waals surface area contributed by atoms with Crippen LogP contribution in [-0.2, 0) is 0 Å². The molecule has 0 spiro atoms. The van der Waals surface area contributed by atoms with E-state index in [4.69, 9.17) is 4.42 Å². The molecule has 1 aliphatic heterocycles. The van der Waals surface area contributed by atoms with Gasteiger partial charge < -0.3 is 4.42 Å². The van der Waals surface area contributed by atoms with E-state index in [1.54, 1.807) is 6.26 Å². The van der Waals surface area contributed by atoms with Crippen LogP contribution in [0.15, 0.2) is 44.5 Å². The van der Waals surface area contributed by atoms with Crippen molar-refractivity contribution in [3.05, 3.63) is 30.2 Å². The highest BCUT2D eigenvalue weighted by Gasteiger charge is 2.26. The molecule has 0 bridgehead atoms. The molecule has 0 amide bonds. The molecule has 1 aliphatic rings. The highest BCUT2D eigenvalue weighted by atomic mass is 32.3. The van der Waals surface area contributed by atoms with Gasteiger partial charge in [-0.25, -0.2) is 0 Å². The van der Waals surface area contributed by atoms with Gasteiger partial charge in [0.15, 0.2) is 0 Å². The second-order valence-corrected chi connectivity index (χ2v) is 6.28. The number of aliphatic imine (C=N–C) groups is 1. The summed E-state index contributed by atoms with van der Waals surface area (Å²) in [6, 6.07) is 2.04. The van der Waals surface area contributed by atoms with Crippen molar-refractivity contribution < 1.29 is 4.42 Å². The van der Waals surface area contributed by atoms with Gasteiger partial charge in [-0.15, -0.1) is 0 Å². The molecule has 0 saturated carbocycles. The summed E-state index contributed by atoms with van der Waals surface area (Å²) in [5.74, 6) is 0. The first-order valence-electron chi connectivity index (χ1n) is 4.31. The third kappa shape index (κ3) is 1.23. The fourth-order valence-corrected chi connectivity index (χ4v) is 3.89. The molecule has 70 valence electrons. The molecule has 1 aromatic rings. The van der Waals surface area contributed by atoms with E-state index in [-0.39, 0.29) is 0 Å². The van der Waals surface area contributed by atoms with Crippen LogP contribution < -0.4 is 0 Å². The highest BCUT2D eigenvalue weighted by Crippen LogP contribution is 2.58. The second kappa shape index (κ2) is 3.07. The number of nitrogens with zero attached hydrogens (tertiary/aromatic N) is 1. The van der Waals surface area contributed by atoms with E-state index in [0.717, 1.165) is 6.42 Å². The van der Waals surface area contributed by atoms with Crippen molar-refractivity contribution in [2.24, 2.45) is 4.99 Å². The molecular weight excluding hydrogens is 182 g/mol. The minimum Gasteiger partial charge on any atom is -0.471 e. The molecule has 2 nitrogen and oxygen atoms in total. The Morgan fingerprint density at radius 3 is 3.00 bits per heavy atom. The van der Waals surface area contributed by atoms with Gasteiger partial charge in [0, 0.05) is 11.1 Å². The second-order valence-electron chi connectivity index (χ2n) is 3.10. The molecule has 0 radical (unpaired) electrons. The van der Waals surface area contributed by atoms with Gasteiger partial charge in [0.2, 0.25) is 0 Å². The number of furan rings is 1. The fraction of sp³-hybridized carbons (Fsp3) is 0.300. The first-order valence-corrected chi connectivity index (χ1v) is 6.41. The average Bonchev–Trinajstić information content (AvgIpc) is 2.72. The summed E-state index contributed by atoms with van der Waals surface area (Å²) in [5, 5.41) is 3.49. The van der Waals surface area contributed by atoms with Crippen LogP contribution in [0.4, 0.5) is 0 Å². The molecule has 0 N–H and O–H groups in total. The van der Waals surface area contributed by atoms with Gasteiger partial charge in [0.05, 0.1) is 11.3 Å². The molecule has 0 aromatic carbocycles. The van der Waals surface area contributed by atoms with Crippen molar-refractivity contribution >= 4 is 15.1 Å². The zero-order valence-corrected chi connectivity index (χ0v) is 8.67. The van der Waals surface area contributed by atoms with Crippen molar-refractivity contribution in [2.45, 2.75) is 18.2 Å². The summed E-state index contributed by atoms with van der Waals surface area (Å²) < 4.78 is 5.12. The smallest absolute Gasteiger partial charge is 0.103 e. The van der Waals surface area contributed by atoms with Crippen LogP contribution in [0.3, 0.4) is 0 Å². The minimum atomic E-state index is -0.954. The third-order valence-corrected chi connectivity index (χ3v) is 5.58. The molecule has 0 saturated heterocycles. The van der Waals surface area contributed by atoms with E-state index in [1.807, 2.05) is 18.5 Å². The van der Waals surface area contributed by atoms with Gasteiger partial charge in [-0.2, -0.15) is 10.0 Å². The van der Waals surface area contributed by atoms with Crippen LogP contribution in [0.5, 0.6) is 0 Å². The standard InChI is InChI=1S/C10H13NOS/c1-3-10-11-5-7-13(10,2)9-4-6-12-8-9/h4-8H,3H2,1-2H3. The Morgan fingerprint density at radius 2 is 2.38 bits per heavy atom. The summed E-state index contributed by atoms with van der Waals surface area (Å²) in [7, 11) is -0.954. The molecule has 1 unspecified atom stereocenters. The van der Waals surface area contributed by atoms with Crippen LogP contribution in [0.25, 0.3) is 0 Å². The maximum atomic E-state index is 5.12. The number of rotatable bonds is 2. The Kier molecular flexibility index (Phi) is 2.04. The lowest BCUT2D eigenvalue weighted by Crippen LogP contribution is -2.04. The predicted octanol–water partition coefficient (Wildman–Crippen LogP) is 3.37. The Morgan fingerprint density at radius 1 is 1.54 bits per heavy atom. The Bertz CT molecular complexity index is 353. The maximum Gasteiger partial charge on any atom is 0.103 e. The van der Waals surface area contributed by atoms with Gasteiger partial charge in [-0.1, -0.05) is 6.92 Å². The first kappa shape index (κ1) is 8.63. The van der Waals surface area contributed by atoms with Crippen LogP contribution in [0, 0.1) is 0 Å². The van der Waals surface area contributed by atoms with Crippen LogP contribution in [-0.4, -0.2) is 11.3 Å². The summed E-state index contributed by atoms with van der Waals surface area (Å²) in [4.78, 5) is 5.66. The van der Waals surface area contributed by atoms with E-state index < -0.39 is 10.0 Å². The minimum absolute atomic E-state index is 0.954. The SMILES string of the molecule is CCC1=NC=CS1(C)c1ccoc1. The first-order chi connectivity index (χ1) is 6.27. The fourth-order valence-electron chi connectivity index (χ4n) is 1.52. The quantitative estimate of drug-likeness (QED) is 0.710. The molecule has 3 heteroatoms. The largest absolute Gasteiger partial charge is 0.471 e. The summed E-state index contributed by atoms with van der Waals surface area (Å²) >= 11 is 0. The van der Waals surface area contributed by atoms with E-state index in [2.05, 4.69) is 23.6 Å². The molecule has 13 heavy (non-hydrogen) atoms. The summed E-state index contributed by atoms with van der Waals surface area (Å²) in [6.07, 6.45) is 8.75. The Balaban J connectivity index is 2.42. The lowest BCUT2D eigenvalue weighted by atomic mass is 10.5. The highest BCUT2D eigenvalue weighted by molar-refractivity contribution is 8.47. The van der Waals surface area contributed by atoms with Crippen molar-refractivity contribution in [1.29, 1.82) is 0 Å². The van der Waals surface area contributed by atoms with Crippen LogP contribution >= 0.6 is 10.0 Å². The monoisotopic (exact) mass is 195 g/mol. The molecular formula is C10H13NOS. The topological polar surface area (TPSA) is 25.5 Å². The summed E-state index contributed by atoms with van der Waals surface area (Å²) in [6.45, 7) is 2.15. The summed E-state index contributed by atoms with van der Waals surface area (Å²) in [5.41, 5.74) is 0. The van der Waals surface area contributed by atoms with Crippen LogP contribution in [0.1, 0.15) is 13.3 Å².